The van der Waals surface area contributed by atoms with E-state index in [2.05, 4.69) is 17.0 Å². The zero-order valence-corrected chi connectivity index (χ0v) is 27.8. The summed E-state index contributed by atoms with van der Waals surface area (Å²) in [5, 5.41) is 11.6. The Balaban J connectivity index is 0.00000451. The minimum absolute atomic E-state index is 0. The van der Waals surface area contributed by atoms with Crippen LogP contribution in [-0.4, -0.2) is 66.2 Å². The van der Waals surface area contributed by atoms with Gasteiger partial charge in [-0.2, -0.15) is 26.3 Å². The number of rotatable bonds is 5. The van der Waals surface area contributed by atoms with E-state index in [1.54, 1.807) is 18.2 Å². The smallest absolute Gasteiger partial charge is 0.392 e. The number of benzene rings is 3. The number of aliphatic hydroxyl groups excluding tert-OH is 1. The number of piperidine rings is 1. The summed E-state index contributed by atoms with van der Waals surface area (Å²) in [5.41, 5.74) is -2.39. The average Bonchev–Trinajstić information content (AvgIpc) is 3.31. The predicted octanol–water partition coefficient (Wildman–Crippen LogP) is 8.16. The second kappa shape index (κ2) is 13.6. The van der Waals surface area contributed by atoms with Gasteiger partial charge in [0.15, 0.2) is 0 Å². The molecule has 260 valence electrons. The second-order valence-electron chi connectivity index (χ2n) is 12.6. The molecule has 1 spiro atoms. The minimum atomic E-state index is -5.09. The van der Waals surface area contributed by atoms with Gasteiger partial charge in [-0.1, -0.05) is 53.5 Å². The normalized spacial score (nSPS) is 22.8. The number of amides is 1. The van der Waals surface area contributed by atoms with Crippen molar-refractivity contribution in [1.82, 2.24) is 9.80 Å². The molecule has 2 saturated heterocycles. The Kier molecular flexibility index (Phi) is 10.4. The highest BCUT2D eigenvalue weighted by Crippen LogP contribution is 2.47. The Morgan fingerprint density at radius 3 is 2.17 bits per heavy atom. The Morgan fingerprint density at radius 2 is 1.54 bits per heavy atom. The van der Waals surface area contributed by atoms with Crippen LogP contribution in [0.15, 0.2) is 60.7 Å². The standard InChI is InChI=1S/C34H32Cl2F6N2O3.ClH/c35-27-6-5-23(19-28(27)36)32(9-12-43-10-7-31(8-11-43)26-4-2-1-3-21(26)17-29(31)45)20-44(13-14-47-32)30(46)22-15-24(33(37,38)39)18-25(16-22)34(40,41)42;/h1-6,15-16,18-19,29,45H,7-14,17,20H2;1H/t29-,32-;/m0./s1. The van der Waals surface area contributed by atoms with Gasteiger partial charge < -0.3 is 19.6 Å². The molecule has 1 amide bonds. The molecule has 14 heteroatoms. The highest BCUT2D eigenvalue weighted by Gasteiger charge is 2.48. The monoisotopic (exact) mass is 736 g/mol. The van der Waals surface area contributed by atoms with E-state index in [0.29, 0.717) is 50.2 Å². The lowest BCUT2D eigenvalue weighted by Crippen LogP contribution is -2.54. The molecule has 48 heavy (non-hydrogen) atoms. The SMILES string of the molecule is Cl.O=C(c1cc(C(F)(F)F)cc(C(F)(F)F)c1)N1CCO[C@](CCN2CCC3(CC2)c2ccccc2C[C@@H]3O)(c2ccc(Cl)c(Cl)c2)C1. The van der Waals surface area contributed by atoms with Crippen LogP contribution >= 0.6 is 35.6 Å². The summed E-state index contributed by atoms with van der Waals surface area (Å²) in [6, 6.07) is 13.9. The summed E-state index contributed by atoms with van der Waals surface area (Å²) in [7, 11) is 0. The van der Waals surface area contributed by atoms with E-state index in [-0.39, 0.29) is 53.6 Å². The highest BCUT2D eigenvalue weighted by atomic mass is 35.5. The number of likely N-dealkylation sites (tertiary alicyclic amines) is 1. The zero-order chi connectivity index (χ0) is 33.8. The first-order chi connectivity index (χ1) is 22.1. The molecule has 0 radical (unpaired) electrons. The number of hydrogen-bond acceptors (Lipinski definition) is 4. The summed E-state index contributed by atoms with van der Waals surface area (Å²) in [6.45, 7) is 1.71. The van der Waals surface area contributed by atoms with Crippen molar-refractivity contribution in [3.8, 4) is 0 Å². The van der Waals surface area contributed by atoms with Crippen molar-refractivity contribution in [2.75, 3.05) is 39.3 Å². The lowest BCUT2D eigenvalue weighted by molar-refractivity contribution is -0.143. The number of hydrogen-bond donors (Lipinski definition) is 1. The van der Waals surface area contributed by atoms with Crippen LogP contribution in [0.2, 0.25) is 10.0 Å². The summed E-state index contributed by atoms with van der Waals surface area (Å²) < 4.78 is 87.8. The Labute approximate surface area is 290 Å². The molecule has 0 unspecified atom stereocenters. The van der Waals surface area contributed by atoms with Crippen LogP contribution in [0.5, 0.6) is 0 Å². The van der Waals surface area contributed by atoms with Gasteiger partial charge in [0, 0.05) is 24.1 Å². The number of alkyl halides is 6. The van der Waals surface area contributed by atoms with Crippen molar-refractivity contribution >= 4 is 41.5 Å². The van der Waals surface area contributed by atoms with E-state index in [1.807, 2.05) is 12.1 Å². The number of carbonyl (C=O) groups is 1. The number of ether oxygens (including phenoxy) is 1. The quantitative estimate of drug-likeness (QED) is 0.269. The number of nitrogens with zero attached hydrogens (tertiary/aromatic N) is 2. The van der Waals surface area contributed by atoms with Gasteiger partial charge in [0.1, 0.15) is 5.60 Å². The molecular weight excluding hydrogens is 705 g/mol. The van der Waals surface area contributed by atoms with Crippen molar-refractivity contribution < 1.29 is 41.0 Å². The maximum Gasteiger partial charge on any atom is 0.416 e. The number of halogens is 9. The van der Waals surface area contributed by atoms with E-state index in [4.69, 9.17) is 27.9 Å². The zero-order valence-electron chi connectivity index (χ0n) is 25.5. The van der Waals surface area contributed by atoms with Gasteiger partial charge in [-0.3, -0.25) is 4.79 Å². The Hall–Kier alpha value is -2.54. The van der Waals surface area contributed by atoms with Crippen LogP contribution in [0.25, 0.3) is 0 Å². The molecule has 1 N–H and O–H groups in total. The number of morpholine rings is 1. The van der Waals surface area contributed by atoms with Gasteiger partial charge >= 0.3 is 12.4 Å². The van der Waals surface area contributed by atoms with Crippen LogP contribution in [0.3, 0.4) is 0 Å². The van der Waals surface area contributed by atoms with Gasteiger partial charge in [-0.25, -0.2) is 0 Å². The number of fused-ring (bicyclic) bond motifs is 2. The van der Waals surface area contributed by atoms with E-state index in [0.717, 1.165) is 18.4 Å². The van der Waals surface area contributed by atoms with Gasteiger partial charge in [0.2, 0.25) is 0 Å². The van der Waals surface area contributed by atoms with Crippen LogP contribution in [0.1, 0.15) is 57.4 Å². The summed E-state index contributed by atoms with van der Waals surface area (Å²) in [6.07, 6.45) is -8.20. The van der Waals surface area contributed by atoms with Gasteiger partial charge in [0.25, 0.3) is 5.91 Å². The van der Waals surface area contributed by atoms with E-state index in [9.17, 15) is 36.2 Å². The minimum Gasteiger partial charge on any atom is -0.392 e. The number of aliphatic hydroxyl groups is 1. The summed E-state index contributed by atoms with van der Waals surface area (Å²) in [5.74, 6) is -0.969. The van der Waals surface area contributed by atoms with Crippen molar-refractivity contribution in [2.24, 2.45) is 0 Å². The first kappa shape index (κ1) is 36.7. The average molecular weight is 738 g/mol. The third-order valence-electron chi connectivity index (χ3n) is 9.94. The van der Waals surface area contributed by atoms with E-state index < -0.39 is 46.7 Å². The molecule has 2 atom stereocenters. The Bertz CT molecular complexity index is 1630. The number of carbonyl (C=O) groups excluding carboxylic acids is 1. The molecule has 0 aromatic heterocycles. The maximum absolute atomic E-state index is 13.6. The topological polar surface area (TPSA) is 53.0 Å². The predicted molar refractivity (Wildman–Crippen MR) is 172 cm³/mol. The summed E-state index contributed by atoms with van der Waals surface area (Å²) in [4.78, 5) is 17.1. The van der Waals surface area contributed by atoms with Crippen LogP contribution in [0.4, 0.5) is 26.3 Å². The maximum atomic E-state index is 13.6. The van der Waals surface area contributed by atoms with Crippen LogP contribution in [0, 0.1) is 0 Å². The third kappa shape index (κ3) is 7.04. The molecule has 3 aromatic carbocycles. The molecule has 1 aliphatic carbocycles. The first-order valence-corrected chi connectivity index (χ1v) is 16.0. The molecule has 0 bridgehead atoms. The van der Waals surface area contributed by atoms with Gasteiger partial charge in [0.05, 0.1) is 40.4 Å². The largest absolute Gasteiger partial charge is 0.416 e. The highest BCUT2D eigenvalue weighted by molar-refractivity contribution is 6.42. The van der Waals surface area contributed by atoms with Crippen LogP contribution < -0.4 is 0 Å². The van der Waals surface area contributed by atoms with Crippen molar-refractivity contribution in [3.05, 3.63) is 104 Å². The summed E-state index contributed by atoms with van der Waals surface area (Å²) >= 11 is 12.6. The van der Waals surface area contributed by atoms with Crippen molar-refractivity contribution in [3.63, 3.8) is 0 Å². The lowest BCUT2D eigenvalue weighted by Gasteiger charge is -2.46. The molecule has 3 aromatic rings. The fourth-order valence-electron chi connectivity index (χ4n) is 7.35. The van der Waals surface area contributed by atoms with E-state index >= 15 is 0 Å². The molecule has 2 aliphatic heterocycles. The van der Waals surface area contributed by atoms with Crippen molar-refractivity contribution in [2.45, 2.75) is 55.2 Å². The lowest BCUT2D eigenvalue weighted by atomic mass is 9.72. The molecule has 5 nitrogen and oxygen atoms in total. The third-order valence-corrected chi connectivity index (χ3v) is 10.7. The molecule has 0 saturated carbocycles. The first-order valence-electron chi connectivity index (χ1n) is 15.3. The van der Waals surface area contributed by atoms with Gasteiger partial charge in [-0.15, -0.1) is 12.4 Å². The second-order valence-corrected chi connectivity index (χ2v) is 13.4. The molecule has 2 heterocycles. The fourth-order valence-corrected chi connectivity index (χ4v) is 7.65. The molecule has 6 rings (SSSR count). The fraction of sp³-hybridized carbons (Fsp3) is 0.441. The molecular formula is C34H33Cl3F6N2O3. The Morgan fingerprint density at radius 1 is 0.896 bits per heavy atom. The van der Waals surface area contributed by atoms with Crippen LogP contribution in [-0.2, 0) is 34.5 Å². The van der Waals surface area contributed by atoms with Gasteiger partial charge in [-0.05, 0) is 85.8 Å². The molecule has 3 aliphatic rings. The molecule has 2 fully saturated rings. The van der Waals surface area contributed by atoms with E-state index in [1.165, 1.54) is 10.5 Å². The van der Waals surface area contributed by atoms with Crippen molar-refractivity contribution in [1.29, 1.82) is 0 Å².